The second kappa shape index (κ2) is 12.3. The number of hydrogen-bond donors (Lipinski definition) is 2. The molecule has 1 aliphatic heterocycles. The first-order valence-electron chi connectivity index (χ1n) is 9.77. The van der Waals surface area contributed by atoms with E-state index in [1.807, 2.05) is 36.4 Å². The van der Waals surface area contributed by atoms with Gasteiger partial charge in [0.1, 0.15) is 0 Å². The molecule has 0 aromatic heterocycles. The molecule has 0 saturated carbocycles. The molecule has 0 radical (unpaired) electrons. The summed E-state index contributed by atoms with van der Waals surface area (Å²) in [5.74, 6) is 0.885. The number of nitrogens with zero attached hydrogens (tertiary/aromatic N) is 2. The number of aliphatic imine (C=N–C) groups is 1. The first kappa shape index (κ1) is 22.9. The Morgan fingerprint density at radius 1 is 1.03 bits per heavy atom. The van der Waals surface area contributed by atoms with Crippen molar-refractivity contribution in [1.82, 2.24) is 15.5 Å². The molecule has 154 valence electrons. The van der Waals surface area contributed by atoms with Crippen molar-refractivity contribution in [2.45, 2.75) is 19.4 Å². The van der Waals surface area contributed by atoms with Crippen molar-refractivity contribution in [1.29, 1.82) is 0 Å². The van der Waals surface area contributed by atoms with E-state index in [2.05, 4.69) is 50.9 Å². The zero-order valence-corrected chi connectivity index (χ0v) is 19.1. The lowest BCUT2D eigenvalue weighted by atomic mass is 10.00. The highest BCUT2D eigenvalue weighted by atomic mass is 127. The zero-order chi connectivity index (χ0) is 19.6. The van der Waals surface area contributed by atoms with Crippen molar-refractivity contribution in [3.05, 3.63) is 77.9 Å². The molecule has 2 aromatic carbocycles. The third kappa shape index (κ3) is 7.20. The summed E-state index contributed by atoms with van der Waals surface area (Å²) in [7, 11) is 1.79. The molecular formula is C23H29IN4O. The van der Waals surface area contributed by atoms with Crippen LogP contribution in [-0.2, 0) is 11.3 Å². The lowest BCUT2D eigenvalue weighted by Crippen LogP contribution is -2.44. The van der Waals surface area contributed by atoms with Crippen molar-refractivity contribution >= 4 is 41.4 Å². The maximum absolute atomic E-state index is 12.0. The number of hydrogen-bond acceptors (Lipinski definition) is 2. The maximum atomic E-state index is 12.0. The van der Waals surface area contributed by atoms with Crippen molar-refractivity contribution in [2.75, 3.05) is 26.7 Å². The van der Waals surface area contributed by atoms with Gasteiger partial charge in [-0.05, 0) is 23.1 Å². The Hall–Kier alpha value is -2.35. The molecule has 2 N–H and O–H groups in total. The molecule has 6 heteroatoms. The van der Waals surface area contributed by atoms with Crippen LogP contribution in [0.1, 0.15) is 24.0 Å². The van der Waals surface area contributed by atoms with Gasteiger partial charge >= 0.3 is 0 Å². The first-order valence-corrected chi connectivity index (χ1v) is 9.77. The molecule has 0 saturated heterocycles. The average Bonchev–Trinajstić information content (AvgIpc) is 2.77. The zero-order valence-electron chi connectivity index (χ0n) is 16.8. The standard InChI is InChI=1S/C23H28N4O.HI/c1-24-23(25-15-12-22(28)26-18-19-8-4-2-5-9-19)27-16-13-21(14-17-27)20-10-6-3-7-11-20;/h2-11,13H,12,14-18H2,1H3,(H,24,25)(H,26,28);1H. The number of halogens is 1. The molecule has 1 aliphatic rings. The highest BCUT2D eigenvalue weighted by molar-refractivity contribution is 14.0. The van der Waals surface area contributed by atoms with Gasteiger partial charge in [0.25, 0.3) is 0 Å². The predicted molar refractivity (Wildman–Crippen MR) is 130 cm³/mol. The van der Waals surface area contributed by atoms with Gasteiger partial charge in [0.15, 0.2) is 5.96 Å². The average molecular weight is 504 g/mol. The number of carbonyl (C=O) groups excluding carboxylic acids is 1. The fourth-order valence-electron chi connectivity index (χ4n) is 3.28. The number of carbonyl (C=O) groups is 1. The van der Waals surface area contributed by atoms with Crippen LogP contribution in [0.4, 0.5) is 0 Å². The largest absolute Gasteiger partial charge is 0.356 e. The Morgan fingerprint density at radius 3 is 2.34 bits per heavy atom. The minimum absolute atomic E-state index is 0. The molecular weight excluding hydrogens is 475 g/mol. The Balaban J connectivity index is 0.00000300. The molecule has 5 nitrogen and oxygen atoms in total. The van der Waals surface area contributed by atoms with Gasteiger partial charge in [0.2, 0.25) is 5.91 Å². The summed E-state index contributed by atoms with van der Waals surface area (Å²) in [5.41, 5.74) is 3.78. The molecule has 29 heavy (non-hydrogen) atoms. The fraction of sp³-hybridized carbons (Fsp3) is 0.304. The predicted octanol–water partition coefficient (Wildman–Crippen LogP) is 3.68. The summed E-state index contributed by atoms with van der Waals surface area (Å²) in [6, 6.07) is 20.4. The molecule has 2 aromatic rings. The summed E-state index contributed by atoms with van der Waals surface area (Å²) in [5, 5.41) is 6.26. The van der Waals surface area contributed by atoms with E-state index in [0.29, 0.717) is 19.5 Å². The van der Waals surface area contributed by atoms with Crippen molar-refractivity contribution in [2.24, 2.45) is 4.99 Å². The van der Waals surface area contributed by atoms with Crippen LogP contribution in [0.3, 0.4) is 0 Å². The fourth-order valence-corrected chi connectivity index (χ4v) is 3.28. The smallest absolute Gasteiger partial charge is 0.222 e. The molecule has 0 atom stereocenters. The van der Waals surface area contributed by atoms with Gasteiger partial charge in [-0.25, -0.2) is 0 Å². The number of benzene rings is 2. The normalized spacial score (nSPS) is 13.9. The Kier molecular flexibility index (Phi) is 9.70. The molecule has 0 bridgehead atoms. The summed E-state index contributed by atoms with van der Waals surface area (Å²) < 4.78 is 0. The minimum Gasteiger partial charge on any atom is -0.356 e. The van der Waals surface area contributed by atoms with Gasteiger partial charge in [-0.1, -0.05) is 66.7 Å². The number of guanidine groups is 1. The molecule has 3 rings (SSSR count). The van der Waals surface area contributed by atoms with Crippen molar-refractivity contribution in [3.8, 4) is 0 Å². The molecule has 1 amide bonds. The van der Waals surface area contributed by atoms with E-state index < -0.39 is 0 Å². The van der Waals surface area contributed by atoms with Crippen LogP contribution in [0.5, 0.6) is 0 Å². The van der Waals surface area contributed by atoms with Crippen LogP contribution >= 0.6 is 24.0 Å². The molecule has 0 aliphatic carbocycles. The maximum Gasteiger partial charge on any atom is 0.222 e. The second-order valence-electron chi connectivity index (χ2n) is 6.78. The van der Waals surface area contributed by atoms with E-state index in [9.17, 15) is 4.79 Å². The van der Waals surface area contributed by atoms with Gasteiger partial charge in [0.05, 0.1) is 0 Å². The van der Waals surface area contributed by atoms with E-state index in [0.717, 1.165) is 31.0 Å². The summed E-state index contributed by atoms with van der Waals surface area (Å²) in [6.45, 7) is 2.87. The summed E-state index contributed by atoms with van der Waals surface area (Å²) >= 11 is 0. The number of amides is 1. The number of nitrogens with one attached hydrogen (secondary N) is 2. The Morgan fingerprint density at radius 2 is 1.72 bits per heavy atom. The lowest BCUT2D eigenvalue weighted by molar-refractivity contribution is -0.121. The highest BCUT2D eigenvalue weighted by Gasteiger charge is 2.16. The third-order valence-corrected chi connectivity index (χ3v) is 4.83. The Labute approximate surface area is 190 Å². The van der Waals surface area contributed by atoms with E-state index in [1.54, 1.807) is 7.05 Å². The second-order valence-corrected chi connectivity index (χ2v) is 6.78. The van der Waals surface area contributed by atoms with E-state index >= 15 is 0 Å². The van der Waals surface area contributed by atoms with Gasteiger partial charge in [-0.2, -0.15) is 0 Å². The summed E-state index contributed by atoms with van der Waals surface area (Å²) in [4.78, 5) is 18.6. The van der Waals surface area contributed by atoms with Gasteiger partial charge in [0, 0.05) is 39.6 Å². The third-order valence-electron chi connectivity index (χ3n) is 4.83. The van der Waals surface area contributed by atoms with Crippen molar-refractivity contribution < 1.29 is 4.79 Å². The van der Waals surface area contributed by atoms with Gasteiger partial charge in [-0.3, -0.25) is 9.79 Å². The minimum atomic E-state index is 0. The van der Waals surface area contributed by atoms with Crippen LogP contribution in [0.2, 0.25) is 0 Å². The number of rotatable bonds is 6. The quantitative estimate of drug-likeness (QED) is 0.359. The summed E-state index contributed by atoms with van der Waals surface area (Å²) in [6.07, 6.45) is 3.67. The molecule has 0 unspecified atom stereocenters. The van der Waals surface area contributed by atoms with E-state index in [4.69, 9.17) is 0 Å². The topological polar surface area (TPSA) is 56.7 Å². The van der Waals surface area contributed by atoms with E-state index in [-0.39, 0.29) is 29.9 Å². The van der Waals surface area contributed by atoms with E-state index in [1.165, 1.54) is 11.1 Å². The van der Waals surface area contributed by atoms with Gasteiger partial charge in [-0.15, -0.1) is 24.0 Å². The van der Waals surface area contributed by atoms with Crippen LogP contribution in [0.15, 0.2) is 71.7 Å². The monoisotopic (exact) mass is 504 g/mol. The molecule has 0 fully saturated rings. The SMILES string of the molecule is CN=C(NCCC(=O)NCc1ccccc1)N1CC=C(c2ccccc2)CC1.I. The van der Waals surface area contributed by atoms with Crippen molar-refractivity contribution in [3.63, 3.8) is 0 Å². The van der Waals surface area contributed by atoms with Gasteiger partial charge < -0.3 is 15.5 Å². The highest BCUT2D eigenvalue weighted by Crippen LogP contribution is 2.21. The lowest BCUT2D eigenvalue weighted by Gasteiger charge is -2.29. The first-order chi connectivity index (χ1) is 13.8. The molecule has 0 spiro atoms. The molecule has 1 heterocycles. The Bertz CT molecular complexity index is 821. The van der Waals surface area contributed by atoms with Crippen LogP contribution < -0.4 is 10.6 Å². The van der Waals surface area contributed by atoms with Crippen LogP contribution in [0.25, 0.3) is 5.57 Å². The van der Waals surface area contributed by atoms with Crippen LogP contribution in [0, 0.1) is 0 Å². The van der Waals surface area contributed by atoms with Crippen LogP contribution in [-0.4, -0.2) is 43.4 Å².